The highest BCUT2D eigenvalue weighted by Crippen LogP contribution is 2.17. The SMILES string of the molecule is C[C@@H]1C[n+]2cnc(N3CCNCC3)cc2N1. The number of hydrogen-bond acceptors (Lipinski definition) is 4. The molecule has 1 fully saturated rings. The van der Waals surface area contributed by atoms with Gasteiger partial charge in [0.05, 0.1) is 6.07 Å². The molecule has 0 saturated carbocycles. The minimum absolute atomic E-state index is 0.514. The van der Waals surface area contributed by atoms with Crippen LogP contribution >= 0.6 is 0 Å². The number of aromatic nitrogens is 2. The molecule has 0 unspecified atom stereocenters. The fourth-order valence-electron chi connectivity index (χ4n) is 2.36. The van der Waals surface area contributed by atoms with Gasteiger partial charge in [0.2, 0.25) is 18.0 Å². The van der Waals surface area contributed by atoms with Gasteiger partial charge in [-0.2, -0.15) is 0 Å². The first-order valence-corrected chi connectivity index (χ1v) is 5.94. The summed E-state index contributed by atoms with van der Waals surface area (Å²) in [5, 5.41) is 6.81. The third-order valence-electron chi connectivity index (χ3n) is 3.21. The summed E-state index contributed by atoms with van der Waals surface area (Å²) in [5.74, 6) is 2.28. The Morgan fingerprint density at radius 3 is 3.06 bits per heavy atom. The number of fused-ring (bicyclic) bond motifs is 1. The lowest BCUT2D eigenvalue weighted by Crippen LogP contribution is -2.44. The number of nitrogens with one attached hydrogen (secondary N) is 2. The van der Waals surface area contributed by atoms with Crippen LogP contribution in [0.3, 0.4) is 0 Å². The van der Waals surface area contributed by atoms with Crippen LogP contribution in [0.4, 0.5) is 11.6 Å². The Hall–Kier alpha value is -1.36. The molecule has 0 aromatic carbocycles. The summed E-state index contributed by atoms with van der Waals surface area (Å²) in [6.07, 6.45) is 1.95. The predicted molar refractivity (Wildman–Crippen MR) is 62.6 cm³/mol. The maximum Gasteiger partial charge on any atom is 0.228 e. The largest absolute Gasteiger partial charge is 0.340 e. The van der Waals surface area contributed by atoms with Crippen molar-refractivity contribution in [1.29, 1.82) is 0 Å². The zero-order valence-corrected chi connectivity index (χ0v) is 9.61. The Bertz CT molecular complexity index is 386. The number of rotatable bonds is 1. The molecule has 86 valence electrons. The molecule has 2 aliphatic heterocycles. The van der Waals surface area contributed by atoms with Crippen molar-refractivity contribution in [1.82, 2.24) is 10.3 Å². The Labute approximate surface area is 95.5 Å². The van der Waals surface area contributed by atoms with E-state index in [2.05, 4.69) is 38.1 Å². The van der Waals surface area contributed by atoms with Gasteiger partial charge in [0.1, 0.15) is 12.6 Å². The zero-order valence-electron chi connectivity index (χ0n) is 9.61. The highest BCUT2D eigenvalue weighted by molar-refractivity contribution is 5.47. The van der Waals surface area contributed by atoms with E-state index in [-0.39, 0.29) is 0 Å². The van der Waals surface area contributed by atoms with Crippen LogP contribution in [-0.2, 0) is 6.54 Å². The van der Waals surface area contributed by atoms with Crippen molar-refractivity contribution >= 4 is 11.6 Å². The summed E-state index contributed by atoms with van der Waals surface area (Å²) in [4.78, 5) is 6.86. The van der Waals surface area contributed by atoms with Crippen LogP contribution in [0.1, 0.15) is 6.92 Å². The molecule has 0 spiro atoms. The predicted octanol–water partition coefficient (Wildman–Crippen LogP) is -0.407. The van der Waals surface area contributed by atoms with E-state index < -0.39 is 0 Å². The Balaban J connectivity index is 1.84. The highest BCUT2D eigenvalue weighted by atomic mass is 15.3. The van der Waals surface area contributed by atoms with Crippen molar-refractivity contribution in [3.05, 3.63) is 12.4 Å². The summed E-state index contributed by atoms with van der Waals surface area (Å²) in [7, 11) is 0. The normalized spacial score (nSPS) is 24.1. The molecule has 1 saturated heterocycles. The first-order valence-electron chi connectivity index (χ1n) is 5.94. The smallest absolute Gasteiger partial charge is 0.228 e. The van der Waals surface area contributed by atoms with Crippen molar-refractivity contribution < 1.29 is 4.57 Å². The fourth-order valence-corrected chi connectivity index (χ4v) is 2.36. The van der Waals surface area contributed by atoms with Crippen molar-refractivity contribution in [2.45, 2.75) is 19.5 Å². The van der Waals surface area contributed by atoms with E-state index >= 15 is 0 Å². The van der Waals surface area contributed by atoms with Crippen molar-refractivity contribution in [3.8, 4) is 0 Å². The van der Waals surface area contributed by atoms with Crippen molar-refractivity contribution in [3.63, 3.8) is 0 Å². The first-order chi connectivity index (χ1) is 7.83. The second kappa shape index (κ2) is 3.90. The third kappa shape index (κ3) is 1.71. The van der Waals surface area contributed by atoms with E-state index in [1.807, 2.05) is 6.33 Å². The van der Waals surface area contributed by atoms with E-state index in [1.165, 1.54) is 5.82 Å². The molecular weight excluding hydrogens is 202 g/mol. The molecule has 1 aromatic heterocycles. The molecule has 16 heavy (non-hydrogen) atoms. The number of hydrogen-bond donors (Lipinski definition) is 2. The average molecular weight is 220 g/mol. The Morgan fingerprint density at radius 1 is 1.44 bits per heavy atom. The molecular formula is C11H18N5+. The van der Waals surface area contributed by atoms with Gasteiger partial charge in [0.15, 0.2) is 0 Å². The van der Waals surface area contributed by atoms with Gasteiger partial charge in [-0.1, -0.05) is 4.98 Å². The van der Waals surface area contributed by atoms with Gasteiger partial charge in [0.25, 0.3) is 0 Å². The minimum atomic E-state index is 0.514. The molecule has 0 amide bonds. The third-order valence-corrected chi connectivity index (χ3v) is 3.21. The topological polar surface area (TPSA) is 44.1 Å². The lowest BCUT2D eigenvalue weighted by Gasteiger charge is -2.26. The van der Waals surface area contributed by atoms with Crippen LogP contribution in [-0.4, -0.2) is 37.2 Å². The Kier molecular flexibility index (Phi) is 2.40. The highest BCUT2D eigenvalue weighted by Gasteiger charge is 2.24. The second-order valence-corrected chi connectivity index (χ2v) is 4.57. The van der Waals surface area contributed by atoms with Crippen molar-refractivity contribution in [2.75, 3.05) is 36.4 Å². The molecule has 2 N–H and O–H groups in total. The second-order valence-electron chi connectivity index (χ2n) is 4.57. The van der Waals surface area contributed by atoms with Gasteiger partial charge in [-0.3, -0.25) is 5.32 Å². The summed E-state index contributed by atoms with van der Waals surface area (Å²) < 4.78 is 2.18. The minimum Gasteiger partial charge on any atom is -0.340 e. The fraction of sp³-hybridized carbons (Fsp3) is 0.636. The lowest BCUT2D eigenvalue weighted by atomic mass is 10.3. The van der Waals surface area contributed by atoms with Crippen LogP contribution in [0.25, 0.3) is 0 Å². The molecule has 3 heterocycles. The van der Waals surface area contributed by atoms with E-state index in [0.29, 0.717) is 6.04 Å². The Morgan fingerprint density at radius 2 is 2.25 bits per heavy atom. The molecule has 0 bridgehead atoms. The van der Waals surface area contributed by atoms with Gasteiger partial charge in [-0.05, 0) is 6.92 Å². The number of nitrogens with zero attached hydrogens (tertiary/aromatic N) is 3. The summed E-state index contributed by atoms with van der Waals surface area (Å²) in [5.41, 5.74) is 0. The van der Waals surface area contributed by atoms with E-state index in [0.717, 1.165) is 38.5 Å². The summed E-state index contributed by atoms with van der Waals surface area (Å²) in [6.45, 7) is 7.41. The standard InChI is InChI=1S/C11H17N5/c1-9-7-16-8-13-10(6-11(16)14-9)15-4-2-12-3-5-15/h6,8-9,12H,2-5,7H2,1H3/p+1/t9-/m1/s1. The van der Waals surface area contributed by atoms with Gasteiger partial charge in [-0.15, -0.1) is 0 Å². The quantitative estimate of drug-likeness (QED) is 0.632. The van der Waals surface area contributed by atoms with Gasteiger partial charge in [0, 0.05) is 26.2 Å². The first kappa shape index (κ1) is 9.84. The average Bonchev–Trinajstić information content (AvgIpc) is 2.69. The van der Waals surface area contributed by atoms with Gasteiger partial charge in [-0.25, -0.2) is 4.57 Å². The van der Waals surface area contributed by atoms with E-state index in [4.69, 9.17) is 0 Å². The van der Waals surface area contributed by atoms with Gasteiger partial charge < -0.3 is 10.2 Å². The van der Waals surface area contributed by atoms with Gasteiger partial charge >= 0.3 is 0 Å². The maximum absolute atomic E-state index is 4.53. The molecule has 5 heteroatoms. The van der Waals surface area contributed by atoms with E-state index in [1.54, 1.807) is 0 Å². The summed E-state index contributed by atoms with van der Waals surface area (Å²) in [6, 6.07) is 2.68. The van der Waals surface area contributed by atoms with Crippen LogP contribution in [0, 0.1) is 0 Å². The van der Waals surface area contributed by atoms with E-state index in [9.17, 15) is 0 Å². The van der Waals surface area contributed by atoms with Crippen molar-refractivity contribution in [2.24, 2.45) is 0 Å². The molecule has 1 atom stereocenters. The molecule has 2 aliphatic rings. The molecule has 5 nitrogen and oxygen atoms in total. The number of anilines is 2. The van der Waals surface area contributed by atoms with Crippen LogP contribution in [0.15, 0.2) is 12.4 Å². The van der Waals surface area contributed by atoms with Crippen LogP contribution < -0.4 is 20.1 Å². The zero-order chi connectivity index (χ0) is 11.0. The molecule has 0 radical (unpaired) electrons. The molecule has 0 aliphatic carbocycles. The van der Waals surface area contributed by atoms with Crippen LogP contribution in [0.5, 0.6) is 0 Å². The van der Waals surface area contributed by atoms with Crippen LogP contribution in [0.2, 0.25) is 0 Å². The monoisotopic (exact) mass is 220 g/mol. The summed E-state index contributed by atoms with van der Waals surface area (Å²) >= 11 is 0. The molecule has 3 rings (SSSR count). The maximum atomic E-state index is 4.53. The number of piperazine rings is 1. The molecule has 1 aromatic rings. The lowest BCUT2D eigenvalue weighted by molar-refractivity contribution is -0.676.